The fourth-order valence-corrected chi connectivity index (χ4v) is 12.8. The molecule has 0 aromatic carbocycles. The number of anilines is 3. The first kappa shape index (κ1) is 57.7. The Labute approximate surface area is 462 Å². The van der Waals surface area contributed by atoms with E-state index in [-0.39, 0.29) is 81.4 Å². The number of phosphoric acid groups is 3. The maximum absolute atomic E-state index is 14.1. The Hall–Kier alpha value is -6.10. The van der Waals surface area contributed by atoms with Crippen molar-refractivity contribution in [2.75, 3.05) is 43.6 Å². The predicted molar refractivity (Wildman–Crippen MR) is 273 cm³/mol. The van der Waals surface area contributed by atoms with Crippen LogP contribution in [0.5, 0.6) is 0 Å². The summed E-state index contributed by atoms with van der Waals surface area (Å²) in [5, 5.41) is 21.0. The van der Waals surface area contributed by atoms with Gasteiger partial charge in [0.15, 0.2) is 33.8 Å². The molecule has 7 aromatic heterocycles. The van der Waals surface area contributed by atoms with Gasteiger partial charge in [-0.1, -0.05) is 0 Å². The van der Waals surface area contributed by atoms with Gasteiger partial charge in [0.1, 0.15) is 79.5 Å². The lowest BCUT2D eigenvalue weighted by Gasteiger charge is -2.25. The van der Waals surface area contributed by atoms with E-state index in [1.54, 1.807) is 0 Å². The molecule has 0 spiro atoms. The van der Waals surface area contributed by atoms with E-state index in [0.717, 1.165) is 23.4 Å². The number of H-pyrrole nitrogens is 3. The van der Waals surface area contributed by atoms with E-state index in [0.29, 0.717) is 0 Å². The van der Waals surface area contributed by atoms with Crippen LogP contribution in [0.3, 0.4) is 0 Å². The molecule has 0 amide bonds. The Morgan fingerprint density at radius 1 is 0.573 bits per heavy atom. The lowest BCUT2D eigenvalue weighted by Crippen LogP contribution is -2.32. The number of nitrogens with zero attached hydrogens (tertiary/aromatic N) is 11. The second kappa shape index (κ2) is 22.5. The van der Waals surface area contributed by atoms with Crippen molar-refractivity contribution in [2.45, 2.75) is 99.4 Å². The van der Waals surface area contributed by atoms with Gasteiger partial charge in [-0.3, -0.25) is 74.7 Å². The number of hydrogen-bond acceptors (Lipinski definition) is 29. The third kappa shape index (κ3) is 11.9. The summed E-state index contributed by atoms with van der Waals surface area (Å²) >= 11 is 3.02. The average Bonchev–Trinajstić information content (AvgIpc) is 4.38. The van der Waals surface area contributed by atoms with Crippen LogP contribution in [0.25, 0.3) is 33.5 Å². The topological polar surface area (TPSA) is 548 Å². The van der Waals surface area contributed by atoms with Crippen LogP contribution in [0.15, 0.2) is 55.2 Å². The highest BCUT2D eigenvalue weighted by Gasteiger charge is 2.48. The van der Waals surface area contributed by atoms with E-state index >= 15 is 0 Å². The van der Waals surface area contributed by atoms with Crippen LogP contribution in [0.2, 0.25) is 0 Å². The van der Waals surface area contributed by atoms with E-state index in [4.69, 9.17) is 63.3 Å². The molecule has 39 nitrogen and oxygen atoms in total. The lowest BCUT2D eigenvalue weighted by molar-refractivity contribution is -0.0623. The highest BCUT2D eigenvalue weighted by molar-refractivity contribution is 9.10. The van der Waals surface area contributed by atoms with Crippen LogP contribution >= 0.6 is 39.4 Å². The maximum Gasteiger partial charge on any atom is 0.472 e. The Bertz CT molecular complexity index is 3970. The SMILES string of the molecule is Nc1nc2c(ncn2[C@H]2C[C@H](OP(=O)(O)OC[C@H]3O[C@@H](n4cnc5c(=O)[nH]c(N)nc54)C[C@@H]3O)[C@@H](COP(=O)(O)O[C@H]3C[C@H](n4cnc5c(N)ncnc54)O[C@@H]3COP(=O)(O)O[C@H]3C[C@H](n4cc(Br)c(=O)[nH]c4=O)O[C@@H]3CO)O2)c(=O)[nH]1. The highest BCUT2D eigenvalue weighted by Crippen LogP contribution is 2.54. The van der Waals surface area contributed by atoms with Gasteiger partial charge in [0.25, 0.3) is 16.7 Å². The molecule has 7 aromatic rings. The Balaban J connectivity index is 0.790. The molecule has 0 bridgehead atoms. The van der Waals surface area contributed by atoms with Crippen molar-refractivity contribution in [2.24, 2.45) is 0 Å². The number of aromatic nitrogens is 14. The molecular weight excluding hydrogens is 1230 g/mol. The standard InChI is InChI=1S/C39H47BrN17O22P3/c40-14-5-54(39(63)53-34(14)60)24-2-16(19(6-58)73-24)77-81(66,67)71-8-21-17(3-25(75-21)55-11-46-27-30(41)44-10-45-31(27)55)79-82(68,69)72-9-22-18(4-26(76-22)57-13-48-29-33(57)50-38(43)52-36(29)62)78-80(64,65)70-7-20-15(59)1-23(74-20)56-12-47-28-32(56)49-37(42)51-35(28)61/h5,10-13,15-26,58-59H,1-4,6-9H2,(H,64,65)(H,66,67)(H,68,69)(H2,41,44,45)(H,53,60,63)(H3,42,49,51,61)(H3,43,50,52,62)/t15-,16-,17-,18-,19+,20+,21+,22+,23+,24+,25+,26+/m0/s1. The predicted octanol–water partition coefficient (Wildman–Crippen LogP) is -1.84. The van der Waals surface area contributed by atoms with Gasteiger partial charge >= 0.3 is 29.2 Å². The number of ether oxygens (including phenoxy) is 4. The maximum atomic E-state index is 14.1. The number of aliphatic hydroxyl groups excluding tert-OH is 2. The minimum Gasteiger partial charge on any atom is -0.394 e. The van der Waals surface area contributed by atoms with Crippen molar-refractivity contribution < 1.29 is 84.7 Å². The number of hydrogen-bond donors (Lipinski definition) is 11. The largest absolute Gasteiger partial charge is 0.472 e. The molecule has 442 valence electrons. The fraction of sp³-hybridized carbons (Fsp3) is 0.513. The van der Waals surface area contributed by atoms with E-state index in [1.807, 2.05) is 0 Å². The molecule has 14 N–H and O–H groups in total. The van der Waals surface area contributed by atoms with Crippen LogP contribution in [-0.2, 0) is 59.8 Å². The van der Waals surface area contributed by atoms with Crippen molar-refractivity contribution in [3.05, 3.63) is 77.5 Å². The zero-order valence-corrected chi connectivity index (χ0v) is 45.8. The number of aromatic amines is 3. The normalized spacial score (nSPS) is 29.0. The lowest BCUT2D eigenvalue weighted by atomic mass is 10.2. The molecule has 0 radical (unpaired) electrons. The van der Waals surface area contributed by atoms with Gasteiger partial charge < -0.3 is 61.0 Å². The smallest absolute Gasteiger partial charge is 0.394 e. The van der Waals surface area contributed by atoms with Crippen LogP contribution in [0.4, 0.5) is 17.7 Å². The monoisotopic (exact) mass is 1280 g/mol. The van der Waals surface area contributed by atoms with Gasteiger partial charge in [0, 0.05) is 31.9 Å². The van der Waals surface area contributed by atoms with Crippen LogP contribution in [0, 0.1) is 0 Å². The molecule has 4 saturated heterocycles. The van der Waals surface area contributed by atoms with E-state index in [2.05, 4.69) is 65.8 Å². The fourth-order valence-electron chi connectivity index (χ4n) is 9.62. The second-order valence-electron chi connectivity index (χ2n) is 18.7. The average molecular weight is 1280 g/mol. The van der Waals surface area contributed by atoms with Gasteiger partial charge in [-0.25, -0.2) is 43.4 Å². The third-order valence-corrected chi connectivity index (χ3v) is 17.0. The molecule has 11 rings (SSSR count). The molecule has 11 heterocycles. The quantitative estimate of drug-likeness (QED) is 0.0374. The summed E-state index contributed by atoms with van der Waals surface area (Å²) in [4.78, 5) is 118. The van der Waals surface area contributed by atoms with Crippen molar-refractivity contribution in [1.29, 1.82) is 0 Å². The van der Waals surface area contributed by atoms with Crippen LogP contribution in [-0.4, -0.2) is 168 Å². The van der Waals surface area contributed by atoms with Crippen molar-refractivity contribution in [3.63, 3.8) is 0 Å². The van der Waals surface area contributed by atoms with E-state index in [9.17, 15) is 57.8 Å². The molecule has 4 aliphatic heterocycles. The minimum atomic E-state index is -5.37. The number of fused-ring (bicyclic) bond motifs is 3. The Morgan fingerprint density at radius 2 is 1.00 bits per heavy atom. The summed E-state index contributed by atoms with van der Waals surface area (Å²) in [5.41, 5.74) is 14.6. The number of rotatable bonds is 20. The van der Waals surface area contributed by atoms with Crippen LogP contribution < -0.4 is 39.6 Å². The zero-order chi connectivity index (χ0) is 58.2. The number of aliphatic hydroxyl groups is 2. The van der Waals surface area contributed by atoms with Gasteiger partial charge in [-0.2, -0.15) is 9.97 Å². The minimum absolute atomic E-state index is 0.00290. The van der Waals surface area contributed by atoms with Crippen LogP contribution in [0.1, 0.15) is 50.6 Å². The molecule has 4 aliphatic rings. The van der Waals surface area contributed by atoms with Gasteiger partial charge in [-0.05, 0) is 15.9 Å². The number of phosphoric ester groups is 3. The Morgan fingerprint density at radius 3 is 1.51 bits per heavy atom. The van der Waals surface area contributed by atoms with Crippen molar-refractivity contribution >= 4 is 90.6 Å². The summed E-state index contributed by atoms with van der Waals surface area (Å²) in [6, 6.07) is 0. The number of halogens is 1. The van der Waals surface area contributed by atoms with Crippen molar-refractivity contribution in [3.8, 4) is 0 Å². The molecule has 3 unspecified atom stereocenters. The third-order valence-electron chi connectivity index (χ3n) is 13.4. The molecule has 4 fully saturated rings. The number of imidazole rings is 3. The first-order valence-corrected chi connectivity index (χ1v) is 29.5. The molecule has 0 aliphatic carbocycles. The molecular formula is C39H47BrN17O22P3. The number of nitrogens with one attached hydrogen (secondary N) is 3. The summed E-state index contributed by atoms with van der Waals surface area (Å²) in [6.07, 6.45) is -11.1. The Kier molecular flexibility index (Phi) is 15.8. The molecule has 82 heavy (non-hydrogen) atoms. The number of nitrogen functional groups attached to an aromatic ring is 3. The highest BCUT2D eigenvalue weighted by atomic mass is 79.9. The second-order valence-corrected chi connectivity index (χ2v) is 23.8. The van der Waals surface area contributed by atoms with Gasteiger partial charge in [0.05, 0.1) is 56.0 Å². The first-order valence-electron chi connectivity index (χ1n) is 24.2. The van der Waals surface area contributed by atoms with E-state index in [1.165, 1.54) is 26.4 Å². The van der Waals surface area contributed by atoms with Gasteiger partial charge in [0.2, 0.25) is 11.9 Å². The summed E-state index contributed by atoms with van der Waals surface area (Å²) in [5.74, 6) is -0.519. The summed E-state index contributed by atoms with van der Waals surface area (Å²) < 4.78 is 103. The summed E-state index contributed by atoms with van der Waals surface area (Å²) in [6.45, 7) is -3.33. The number of nitrogens with two attached hydrogens (primary N) is 3. The molecule has 0 saturated carbocycles. The van der Waals surface area contributed by atoms with Crippen molar-refractivity contribution in [1.82, 2.24) is 68.1 Å². The molecule has 43 heteroatoms. The summed E-state index contributed by atoms with van der Waals surface area (Å²) in [7, 11) is -15.8. The first-order chi connectivity index (χ1) is 38.9. The van der Waals surface area contributed by atoms with E-state index < -0.39 is 146 Å². The molecule has 15 atom stereocenters. The zero-order valence-electron chi connectivity index (χ0n) is 41.5. The van der Waals surface area contributed by atoms with Gasteiger partial charge in [-0.15, -0.1) is 0 Å².